The summed E-state index contributed by atoms with van der Waals surface area (Å²) >= 11 is 7.70. The second-order valence-electron chi connectivity index (χ2n) is 7.99. The number of aliphatic hydroxyl groups is 1. The molecular weight excluding hydrogens is 529 g/mol. The molecule has 196 valence electrons. The van der Waals surface area contributed by atoms with E-state index in [0.717, 1.165) is 11.8 Å². The van der Waals surface area contributed by atoms with Crippen LogP contribution in [0, 0.1) is 5.82 Å². The minimum Gasteiger partial charge on any atom is -0.506 e. The van der Waals surface area contributed by atoms with Gasteiger partial charge in [0, 0.05) is 0 Å². The minimum atomic E-state index is -0.662. The number of rotatable bonds is 9. The summed E-state index contributed by atoms with van der Waals surface area (Å²) in [5, 5.41) is 11.6. The third-order valence-electron chi connectivity index (χ3n) is 5.26. The van der Waals surface area contributed by atoms with Gasteiger partial charge in [-0.2, -0.15) is 0 Å². The van der Waals surface area contributed by atoms with Gasteiger partial charge in [-0.15, -0.1) is 0 Å². The van der Waals surface area contributed by atoms with Crippen molar-refractivity contribution in [1.82, 2.24) is 0 Å². The van der Waals surface area contributed by atoms with Crippen LogP contribution in [0.25, 0.3) is 6.08 Å². The van der Waals surface area contributed by atoms with Gasteiger partial charge in [0.2, 0.25) is 0 Å². The Morgan fingerprint density at radius 3 is 2.55 bits per heavy atom. The van der Waals surface area contributed by atoms with Crippen molar-refractivity contribution in [1.29, 1.82) is 0 Å². The highest BCUT2D eigenvalue weighted by atomic mass is 35.5. The lowest BCUT2D eigenvalue weighted by Gasteiger charge is -2.15. The van der Waals surface area contributed by atoms with E-state index < -0.39 is 5.97 Å². The molecule has 1 aliphatic heterocycles. The zero-order chi connectivity index (χ0) is 27.1. The Bertz CT molecular complexity index is 1420. The Morgan fingerprint density at radius 1 is 1.05 bits per heavy atom. The molecule has 1 N–H and O–H groups in total. The lowest BCUT2D eigenvalue weighted by Crippen LogP contribution is -2.12. The molecule has 38 heavy (non-hydrogen) atoms. The molecule has 3 aromatic rings. The number of nitrogens with zero attached hydrogens (tertiary/aromatic N) is 1. The first-order valence-corrected chi connectivity index (χ1v) is 13.1. The summed E-state index contributed by atoms with van der Waals surface area (Å²) < 4.78 is 30.3. The van der Waals surface area contributed by atoms with E-state index in [1.54, 1.807) is 49.4 Å². The van der Waals surface area contributed by atoms with Gasteiger partial charge in [0.15, 0.2) is 11.5 Å². The summed E-state index contributed by atoms with van der Waals surface area (Å²) in [7, 11) is 0. The van der Waals surface area contributed by atoms with Crippen LogP contribution in [0.4, 0.5) is 10.1 Å². The van der Waals surface area contributed by atoms with Crippen molar-refractivity contribution in [3.05, 3.63) is 105 Å². The van der Waals surface area contributed by atoms with Crippen LogP contribution in [-0.4, -0.2) is 29.3 Å². The molecule has 1 heterocycles. The summed E-state index contributed by atoms with van der Waals surface area (Å²) in [6, 6.07) is 18.6. The van der Waals surface area contributed by atoms with Crippen LogP contribution < -0.4 is 9.47 Å². The molecule has 0 aliphatic carbocycles. The molecular formula is C29H25ClFNO5S. The Labute approximate surface area is 229 Å². The maximum absolute atomic E-state index is 13.5. The number of carbonyl (C=O) groups excluding carboxylic acids is 1. The molecule has 1 aliphatic rings. The minimum absolute atomic E-state index is 0.00173. The number of aliphatic hydroxyl groups excluding tert-OH is 1. The van der Waals surface area contributed by atoms with E-state index in [4.69, 9.17) is 25.8 Å². The topological polar surface area (TPSA) is 77.4 Å². The summed E-state index contributed by atoms with van der Waals surface area (Å²) in [6.07, 6.45) is 1.68. The first kappa shape index (κ1) is 27.3. The van der Waals surface area contributed by atoms with E-state index >= 15 is 0 Å². The molecule has 0 spiro atoms. The number of aliphatic imine (C=N–C) groups is 1. The van der Waals surface area contributed by atoms with Crippen LogP contribution in [0.3, 0.4) is 0 Å². The van der Waals surface area contributed by atoms with Gasteiger partial charge in [0.05, 0.1) is 28.8 Å². The van der Waals surface area contributed by atoms with Crippen LogP contribution in [-0.2, 0) is 16.1 Å². The van der Waals surface area contributed by atoms with Gasteiger partial charge < -0.3 is 19.3 Å². The fourth-order valence-electron chi connectivity index (χ4n) is 3.62. The lowest BCUT2D eigenvalue weighted by molar-refractivity contribution is -0.138. The number of esters is 1. The number of carbonyl (C=O) groups is 1. The van der Waals surface area contributed by atoms with Crippen LogP contribution >= 0.6 is 23.4 Å². The Hall–Kier alpha value is -3.75. The maximum atomic E-state index is 13.5. The predicted molar refractivity (Wildman–Crippen MR) is 149 cm³/mol. The van der Waals surface area contributed by atoms with E-state index in [9.17, 15) is 14.3 Å². The molecule has 0 amide bonds. The van der Waals surface area contributed by atoms with Gasteiger partial charge in [-0.3, -0.25) is 0 Å². The van der Waals surface area contributed by atoms with Crippen molar-refractivity contribution in [3.63, 3.8) is 0 Å². The Balaban J connectivity index is 1.68. The molecule has 0 saturated heterocycles. The number of benzene rings is 3. The SMILES string of the molecule is CCOC(=O)C1=C(O)/C(=C/c2cc(Cl)c(OCc3cccc(F)c3)c(OCC)c2)SC1=Nc1ccccc1. The molecule has 0 saturated carbocycles. The van der Waals surface area contributed by atoms with Gasteiger partial charge in [0.25, 0.3) is 0 Å². The molecule has 0 radical (unpaired) electrons. The van der Waals surface area contributed by atoms with Gasteiger partial charge in [0.1, 0.15) is 28.8 Å². The van der Waals surface area contributed by atoms with Crippen molar-refractivity contribution < 1.29 is 28.5 Å². The number of para-hydroxylation sites is 1. The molecule has 6 nitrogen and oxygen atoms in total. The van der Waals surface area contributed by atoms with Gasteiger partial charge in [-0.1, -0.05) is 53.7 Å². The number of ether oxygens (including phenoxy) is 3. The first-order chi connectivity index (χ1) is 18.4. The largest absolute Gasteiger partial charge is 0.506 e. The molecule has 0 fully saturated rings. The van der Waals surface area contributed by atoms with E-state index in [1.807, 2.05) is 25.1 Å². The second kappa shape index (κ2) is 12.7. The normalized spacial score (nSPS) is 15.3. The third-order valence-corrected chi connectivity index (χ3v) is 6.56. The lowest BCUT2D eigenvalue weighted by atomic mass is 10.1. The first-order valence-electron chi connectivity index (χ1n) is 11.9. The summed E-state index contributed by atoms with van der Waals surface area (Å²) in [5.74, 6) is -0.548. The summed E-state index contributed by atoms with van der Waals surface area (Å²) in [6.45, 7) is 4.13. The monoisotopic (exact) mass is 553 g/mol. The van der Waals surface area contributed by atoms with E-state index in [1.165, 1.54) is 12.1 Å². The zero-order valence-electron chi connectivity index (χ0n) is 20.7. The van der Waals surface area contributed by atoms with Crippen molar-refractivity contribution in [2.24, 2.45) is 4.99 Å². The van der Waals surface area contributed by atoms with Gasteiger partial charge >= 0.3 is 5.97 Å². The fourth-order valence-corrected chi connectivity index (χ4v) is 4.93. The number of hydrogen-bond donors (Lipinski definition) is 1. The van der Waals surface area contributed by atoms with E-state index in [2.05, 4.69) is 4.99 Å². The van der Waals surface area contributed by atoms with E-state index in [0.29, 0.717) is 44.9 Å². The second-order valence-corrected chi connectivity index (χ2v) is 9.43. The summed E-state index contributed by atoms with van der Waals surface area (Å²) in [5.41, 5.74) is 1.88. The summed E-state index contributed by atoms with van der Waals surface area (Å²) in [4.78, 5) is 17.6. The number of halogens is 2. The highest BCUT2D eigenvalue weighted by Gasteiger charge is 2.33. The van der Waals surface area contributed by atoms with Crippen LogP contribution in [0.5, 0.6) is 11.5 Å². The molecule has 0 unspecified atom stereocenters. The molecule has 4 rings (SSSR count). The quantitative estimate of drug-likeness (QED) is 0.274. The third kappa shape index (κ3) is 6.57. The van der Waals surface area contributed by atoms with Crippen molar-refractivity contribution >= 4 is 46.1 Å². The Morgan fingerprint density at radius 2 is 1.84 bits per heavy atom. The molecule has 9 heteroatoms. The molecule has 0 atom stereocenters. The van der Waals surface area contributed by atoms with Gasteiger partial charge in [-0.05, 0) is 67.4 Å². The zero-order valence-corrected chi connectivity index (χ0v) is 22.3. The number of thioether (sulfide) groups is 1. The number of hydrogen-bond acceptors (Lipinski definition) is 7. The van der Waals surface area contributed by atoms with Crippen molar-refractivity contribution in [3.8, 4) is 11.5 Å². The smallest absolute Gasteiger partial charge is 0.344 e. The predicted octanol–water partition coefficient (Wildman–Crippen LogP) is 7.65. The highest BCUT2D eigenvalue weighted by molar-refractivity contribution is 8.18. The van der Waals surface area contributed by atoms with E-state index in [-0.39, 0.29) is 35.4 Å². The Kier molecular flexibility index (Phi) is 9.10. The van der Waals surface area contributed by atoms with Crippen molar-refractivity contribution in [2.45, 2.75) is 20.5 Å². The van der Waals surface area contributed by atoms with Crippen LogP contribution in [0.1, 0.15) is 25.0 Å². The maximum Gasteiger partial charge on any atom is 0.344 e. The average Bonchev–Trinajstić information content (AvgIpc) is 3.18. The highest BCUT2D eigenvalue weighted by Crippen LogP contribution is 2.42. The average molecular weight is 554 g/mol. The molecule has 0 bridgehead atoms. The van der Waals surface area contributed by atoms with Gasteiger partial charge in [-0.25, -0.2) is 14.2 Å². The van der Waals surface area contributed by atoms with Crippen molar-refractivity contribution in [2.75, 3.05) is 13.2 Å². The molecule has 3 aromatic carbocycles. The standard InChI is InChI=1S/C29H25ClFNO5S/c1-3-35-23-15-19(14-22(30)27(23)37-17-18-9-8-10-20(31)13-18)16-24-26(33)25(29(34)36-4-2)28(38-24)32-21-11-6-5-7-12-21/h5-16,33H,3-4,17H2,1-2H3/b24-16-,32-28?. The molecule has 0 aromatic heterocycles. The fraction of sp³-hybridized carbons (Fsp3) is 0.172. The van der Waals surface area contributed by atoms with Crippen LogP contribution in [0.15, 0.2) is 88.0 Å². The van der Waals surface area contributed by atoms with Crippen LogP contribution in [0.2, 0.25) is 5.02 Å².